The largest absolute Gasteiger partial charge is 0.296 e. The number of aliphatic imine (C=N–C) groups is 1. The van der Waals surface area contributed by atoms with Crippen molar-refractivity contribution in [3.63, 3.8) is 0 Å². The summed E-state index contributed by atoms with van der Waals surface area (Å²) in [5.74, 6) is 0. The van der Waals surface area contributed by atoms with Crippen molar-refractivity contribution in [2.75, 3.05) is 7.05 Å². The van der Waals surface area contributed by atoms with Gasteiger partial charge in [-0.15, -0.1) is 0 Å². The summed E-state index contributed by atoms with van der Waals surface area (Å²) >= 11 is 0. The third-order valence-electron chi connectivity index (χ3n) is 1.34. The van der Waals surface area contributed by atoms with Gasteiger partial charge in [0.15, 0.2) is 0 Å². The molecule has 0 saturated heterocycles. The molecule has 1 heteroatoms. The van der Waals surface area contributed by atoms with Crippen LogP contribution in [0.3, 0.4) is 0 Å². The van der Waals surface area contributed by atoms with Crippen molar-refractivity contribution >= 4 is 6.21 Å². The third kappa shape index (κ3) is 1.84. The minimum Gasteiger partial charge on any atom is -0.296 e. The molecule has 0 amide bonds. The number of nitrogens with zero attached hydrogens (tertiary/aromatic N) is 1. The Labute approximate surface area is 55.8 Å². The minimum absolute atomic E-state index is 1.15. The Morgan fingerprint density at radius 3 is 3.11 bits per heavy atom. The molecule has 0 aromatic carbocycles. The molecule has 0 heterocycles. The smallest absolute Gasteiger partial charge is 0.0277 e. The predicted molar refractivity (Wildman–Crippen MR) is 40.9 cm³/mol. The van der Waals surface area contributed by atoms with Crippen LogP contribution >= 0.6 is 0 Å². The first kappa shape index (κ1) is 6.27. The van der Waals surface area contributed by atoms with Crippen molar-refractivity contribution in [1.29, 1.82) is 0 Å². The molecule has 0 spiro atoms. The van der Waals surface area contributed by atoms with Crippen LogP contribution in [-0.2, 0) is 0 Å². The highest BCUT2D eigenvalue weighted by molar-refractivity contribution is 5.79. The van der Waals surface area contributed by atoms with E-state index in [1.165, 1.54) is 5.57 Å². The molecule has 0 N–H and O–H groups in total. The lowest BCUT2D eigenvalue weighted by Crippen LogP contribution is -1.87. The molecule has 0 saturated carbocycles. The van der Waals surface area contributed by atoms with Gasteiger partial charge in [-0.25, -0.2) is 0 Å². The fourth-order valence-corrected chi connectivity index (χ4v) is 0.895. The summed E-state index contributed by atoms with van der Waals surface area (Å²) in [4.78, 5) is 3.93. The number of rotatable bonds is 1. The van der Waals surface area contributed by atoms with E-state index in [-0.39, 0.29) is 0 Å². The van der Waals surface area contributed by atoms with Gasteiger partial charge in [0.25, 0.3) is 0 Å². The quantitative estimate of drug-likeness (QED) is 0.470. The fourth-order valence-electron chi connectivity index (χ4n) is 0.895. The first-order valence-corrected chi connectivity index (χ1v) is 3.21. The van der Waals surface area contributed by atoms with Crippen LogP contribution in [0, 0.1) is 0 Å². The second-order valence-corrected chi connectivity index (χ2v) is 2.10. The van der Waals surface area contributed by atoms with E-state index in [9.17, 15) is 0 Å². The highest BCUT2D eigenvalue weighted by atomic mass is 14.6. The van der Waals surface area contributed by atoms with Crippen molar-refractivity contribution in [3.8, 4) is 0 Å². The van der Waals surface area contributed by atoms with Crippen LogP contribution in [0.4, 0.5) is 0 Å². The maximum atomic E-state index is 3.93. The number of hydrogen-bond acceptors (Lipinski definition) is 1. The van der Waals surface area contributed by atoms with Crippen molar-refractivity contribution in [2.24, 2.45) is 4.99 Å². The van der Waals surface area contributed by atoms with Crippen LogP contribution in [0.25, 0.3) is 0 Å². The fraction of sp³-hybridized carbons (Fsp3) is 0.375. The second kappa shape index (κ2) is 3.23. The third-order valence-corrected chi connectivity index (χ3v) is 1.34. The van der Waals surface area contributed by atoms with Gasteiger partial charge >= 0.3 is 0 Å². The van der Waals surface area contributed by atoms with E-state index in [0.717, 1.165) is 12.8 Å². The molecule has 1 nitrogen and oxygen atoms in total. The maximum Gasteiger partial charge on any atom is 0.0277 e. The highest BCUT2D eigenvalue weighted by Crippen LogP contribution is 2.08. The summed E-state index contributed by atoms with van der Waals surface area (Å²) in [6, 6.07) is 0. The first-order valence-electron chi connectivity index (χ1n) is 3.21. The molecule has 9 heavy (non-hydrogen) atoms. The molecule has 0 aromatic rings. The summed E-state index contributed by atoms with van der Waals surface area (Å²) in [6.07, 6.45) is 10.6. The van der Waals surface area contributed by atoms with E-state index in [1.807, 2.05) is 6.21 Å². The van der Waals surface area contributed by atoms with E-state index in [1.54, 1.807) is 7.05 Å². The Morgan fingerprint density at radius 1 is 1.67 bits per heavy atom. The monoisotopic (exact) mass is 121 g/mol. The van der Waals surface area contributed by atoms with E-state index >= 15 is 0 Å². The Balaban J connectivity index is 2.57. The molecule has 0 aliphatic heterocycles. The maximum absolute atomic E-state index is 3.93. The summed E-state index contributed by atoms with van der Waals surface area (Å²) in [7, 11) is 1.80. The lowest BCUT2D eigenvalue weighted by atomic mass is 10.1. The highest BCUT2D eigenvalue weighted by Gasteiger charge is 1.93. The van der Waals surface area contributed by atoms with Crippen LogP contribution in [0.2, 0.25) is 0 Å². The molecule has 1 aliphatic carbocycles. The Morgan fingerprint density at radius 2 is 2.56 bits per heavy atom. The van der Waals surface area contributed by atoms with Gasteiger partial charge in [0.05, 0.1) is 0 Å². The van der Waals surface area contributed by atoms with Crippen molar-refractivity contribution in [2.45, 2.75) is 12.8 Å². The lowest BCUT2D eigenvalue weighted by molar-refractivity contribution is 1.01. The predicted octanol–water partition coefficient (Wildman–Crippen LogP) is 1.96. The van der Waals surface area contributed by atoms with Gasteiger partial charge in [-0.2, -0.15) is 0 Å². The van der Waals surface area contributed by atoms with E-state index in [0.29, 0.717) is 0 Å². The SMILES string of the molecule is CN=CC1=CC=CCC1. The van der Waals surface area contributed by atoms with Crippen LogP contribution in [0.1, 0.15) is 12.8 Å². The van der Waals surface area contributed by atoms with E-state index < -0.39 is 0 Å². The average Bonchev–Trinajstić information content (AvgIpc) is 1.91. The minimum atomic E-state index is 1.15. The van der Waals surface area contributed by atoms with Crippen molar-refractivity contribution < 1.29 is 0 Å². The molecule has 1 aliphatic rings. The molecular formula is C8H11N. The standard InChI is InChI=1S/C8H11N/c1-9-7-8-5-3-2-4-6-8/h2-3,5,7H,4,6H2,1H3. The molecule has 0 radical (unpaired) electrons. The molecule has 0 fully saturated rings. The molecule has 0 unspecified atom stereocenters. The van der Waals surface area contributed by atoms with E-state index in [4.69, 9.17) is 0 Å². The van der Waals surface area contributed by atoms with Gasteiger partial charge in [0.1, 0.15) is 0 Å². The molecular weight excluding hydrogens is 110 g/mol. The molecule has 48 valence electrons. The Bertz CT molecular complexity index is 163. The van der Waals surface area contributed by atoms with Gasteiger partial charge in [-0.3, -0.25) is 4.99 Å². The summed E-state index contributed by atoms with van der Waals surface area (Å²) in [6.45, 7) is 0. The van der Waals surface area contributed by atoms with Crippen LogP contribution in [0.5, 0.6) is 0 Å². The van der Waals surface area contributed by atoms with Gasteiger partial charge in [-0.05, 0) is 18.4 Å². The number of hydrogen-bond donors (Lipinski definition) is 0. The first-order chi connectivity index (χ1) is 4.43. The van der Waals surface area contributed by atoms with Crippen LogP contribution in [-0.4, -0.2) is 13.3 Å². The van der Waals surface area contributed by atoms with Crippen molar-refractivity contribution in [3.05, 3.63) is 23.8 Å². The molecule has 0 bridgehead atoms. The van der Waals surface area contributed by atoms with Gasteiger partial charge < -0.3 is 0 Å². The van der Waals surface area contributed by atoms with Crippen molar-refractivity contribution in [1.82, 2.24) is 0 Å². The molecule has 0 atom stereocenters. The Hall–Kier alpha value is -0.850. The van der Waals surface area contributed by atoms with Gasteiger partial charge in [0, 0.05) is 13.3 Å². The zero-order valence-corrected chi connectivity index (χ0v) is 5.67. The van der Waals surface area contributed by atoms with Crippen LogP contribution in [0.15, 0.2) is 28.8 Å². The van der Waals surface area contributed by atoms with Crippen LogP contribution < -0.4 is 0 Å². The summed E-state index contributed by atoms with van der Waals surface area (Å²) in [5, 5.41) is 0. The zero-order chi connectivity index (χ0) is 6.53. The van der Waals surface area contributed by atoms with E-state index in [2.05, 4.69) is 23.2 Å². The topological polar surface area (TPSA) is 12.4 Å². The average molecular weight is 121 g/mol. The molecule has 0 aromatic heterocycles. The number of allylic oxidation sites excluding steroid dienone is 4. The van der Waals surface area contributed by atoms with Gasteiger partial charge in [-0.1, -0.05) is 18.2 Å². The second-order valence-electron chi connectivity index (χ2n) is 2.10. The Kier molecular flexibility index (Phi) is 2.25. The normalized spacial score (nSPS) is 18.6. The summed E-state index contributed by atoms with van der Waals surface area (Å²) < 4.78 is 0. The lowest BCUT2D eigenvalue weighted by Gasteiger charge is -2.00. The zero-order valence-electron chi connectivity index (χ0n) is 5.67. The van der Waals surface area contributed by atoms with Gasteiger partial charge in [0.2, 0.25) is 0 Å². The molecule has 1 rings (SSSR count). The summed E-state index contributed by atoms with van der Waals surface area (Å²) in [5.41, 5.74) is 1.33.